The monoisotopic (exact) mass is 333 g/mol. The molecule has 2 aromatic rings. The predicted octanol–water partition coefficient (Wildman–Crippen LogP) is 2.16. The molecule has 6 heteroatoms. The molecule has 1 heterocycles. The van der Waals surface area contributed by atoms with Crippen LogP contribution in [-0.4, -0.2) is 20.8 Å². The summed E-state index contributed by atoms with van der Waals surface area (Å²) in [6.07, 6.45) is 0.628. The number of nitrogens with zero attached hydrogens (tertiary/aromatic N) is 2. The number of benzene rings is 1. The second kappa shape index (κ2) is 7.57. The van der Waals surface area contributed by atoms with E-state index in [0.29, 0.717) is 13.0 Å². The number of nitrogens with one attached hydrogen (secondary N) is 1. The summed E-state index contributed by atoms with van der Waals surface area (Å²) in [6.45, 7) is 5.77. The average Bonchev–Trinajstić information content (AvgIpc) is 2.79. The van der Waals surface area contributed by atoms with Gasteiger partial charge in [-0.1, -0.05) is 13.0 Å². The lowest BCUT2D eigenvalue weighted by Gasteiger charge is -2.13. The number of aromatic nitrogens is 2. The maximum atomic E-state index is 13.4. The van der Waals surface area contributed by atoms with Crippen LogP contribution in [0.4, 0.5) is 4.39 Å². The van der Waals surface area contributed by atoms with Crippen molar-refractivity contribution in [3.8, 4) is 0 Å². The zero-order valence-electron chi connectivity index (χ0n) is 14.6. The SMILES string of the molecule is Cc1nn(C)c(C)c1CC(C)C(=O)NCc1ccc(F)c(CO)c1. The van der Waals surface area contributed by atoms with Crippen LogP contribution in [0.2, 0.25) is 0 Å². The topological polar surface area (TPSA) is 67.2 Å². The zero-order chi connectivity index (χ0) is 17.9. The molecule has 24 heavy (non-hydrogen) atoms. The highest BCUT2D eigenvalue weighted by Crippen LogP contribution is 2.17. The normalized spacial score (nSPS) is 12.2. The maximum absolute atomic E-state index is 13.4. The van der Waals surface area contributed by atoms with Gasteiger partial charge < -0.3 is 10.4 Å². The van der Waals surface area contributed by atoms with Crippen LogP contribution in [0, 0.1) is 25.6 Å². The van der Waals surface area contributed by atoms with Gasteiger partial charge in [-0.25, -0.2) is 4.39 Å². The standard InChI is InChI=1S/C18H24FN3O2/c1-11(7-16-12(2)21-22(4)13(16)3)18(24)20-9-14-5-6-17(19)15(8-14)10-23/h5-6,8,11,23H,7,9-10H2,1-4H3,(H,20,24). The van der Waals surface area contributed by atoms with Crippen LogP contribution >= 0.6 is 0 Å². The lowest BCUT2D eigenvalue weighted by Crippen LogP contribution is -2.30. The number of hydrogen-bond acceptors (Lipinski definition) is 3. The Balaban J connectivity index is 1.97. The van der Waals surface area contributed by atoms with E-state index in [2.05, 4.69) is 10.4 Å². The van der Waals surface area contributed by atoms with Crippen LogP contribution in [0.15, 0.2) is 18.2 Å². The van der Waals surface area contributed by atoms with Crippen LogP contribution in [0.3, 0.4) is 0 Å². The Hall–Kier alpha value is -2.21. The van der Waals surface area contributed by atoms with Gasteiger partial charge in [-0.15, -0.1) is 0 Å². The van der Waals surface area contributed by atoms with E-state index < -0.39 is 5.82 Å². The molecule has 2 rings (SSSR count). The fourth-order valence-electron chi connectivity index (χ4n) is 2.73. The molecule has 0 radical (unpaired) electrons. The van der Waals surface area contributed by atoms with Gasteiger partial charge in [-0.05, 0) is 43.5 Å². The Morgan fingerprint density at radius 2 is 2.12 bits per heavy atom. The molecule has 1 aromatic carbocycles. The molecule has 2 N–H and O–H groups in total. The summed E-state index contributed by atoms with van der Waals surface area (Å²) in [7, 11) is 1.89. The van der Waals surface area contributed by atoms with Crippen molar-refractivity contribution in [2.24, 2.45) is 13.0 Å². The van der Waals surface area contributed by atoms with E-state index in [4.69, 9.17) is 5.11 Å². The van der Waals surface area contributed by atoms with Gasteiger partial charge in [0.1, 0.15) is 5.82 Å². The Labute approximate surface area is 141 Å². The largest absolute Gasteiger partial charge is 0.392 e. The van der Waals surface area contributed by atoms with Gasteiger partial charge in [0.05, 0.1) is 12.3 Å². The number of hydrogen-bond donors (Lipinski definition) is 2. The minimum Gasteiger partial charge on any atom is -0.392 e. The summed E-state index contributed by atoms with van der Waals surface area (Å²) in [5.41, 5.74) is 4.11. The third-order valence-corrected chi connectivity index (χ3v) is 4.36. The van der Waals surface area contributed by atoms with Crippen molar-refractivity contribution in [1.29, 1.82) is 0 Å². The number of rotatable bonds is 6. The molecular formula is C18H24FN3O2. The van der Waals surface area contributed by atoms with E-state index in [9.17, 15) is 9.18 Å². The maximum Gasteiger partial charge on any atom is 0.223 e. The summed E-state index contributed by atoms with van der Waals surface area (Å²) in [5, 5.41) is 16.3. The Morgan fingerprint density at radius 3 is 2.71 bits per heavy atom. The van der Waals surface area contributed by atoms with E-state index >= 15 is 0 Å². The molecular weight excluding hydrogens is 309 g/mol. The molecule has 0 saturated carbocycles. The van der Waals surface area contributed by atoms with Crippen LogP contribution in [0.5, 0.6) is 0 Å². The van der Waals surface area contributed by atoms with Crippen LogP contribution in [0.1, 0.15) is 35.0 Å². The first-order valence-corrected chi connectivity index (χ1v) is 7.98. The highest BCUT2D eigenvalue weighted by Gasteiger charge is 2.18. The van der Waals surface area contributed by atoms with Crippen molar-refractivity contribution in [3.05, 3.63) is 52.1 Å². The molecule has 1 aromatic heterocycles. The van der Waals surface area contributed by atoms with Gasteiger partial charge in [0, 0.05) is 30.8 Å². The molecule has 0 aliphatic rings. The Kier molecular flexibility index (Phi) is 5.72. The molecule has 0 aliphatic carbocycles. The van der Waals surface area contributed by atoms with Crippen LogP contribution in [-0.2, 0) is 31.4 Å². The molecule has 0 fully saturated rings. The lowest BCUT2D eigenvalue weighted by atomic mass is 9.98. The molecule has 130 valence electrons. The third kappa shape index (κ3) is 4.00. The van der Waals surface area contributed by atoms with E-state index in [1.54, 1.807) is 12.1 Å². The quantitative estimate of drug-likeness (QED) is 0.851. The average molecular weight is 333 g/mol. The van der Waals surface area contributed by atoms with Gasteiger partial charge in [0.25, 0.3) is 0 Å². The summed E-state index contributed by atoms with van der Waals surface area (Å²) in [4.78, 5) is 12.3. The van der Waals surface area contributed by atoms with Gasteiger partial charge >= 0.3 is 0 Å². The van der Waals surface area contributed by atoms with Gasteiger partial charge in [0.2, 0.25) is 5.91 Å². The van der Waals surface area contributed by atoms with E-state index in [0.717, 1.165) is 22.5 Å². The van der Waals surface area contributed by atoms with Crippen molar-refractivity contribution in [1.82, 2.24) is 15.1 Å². The zero-order valence-corrected chi connectivity index (χ0v) is 14.6. The molecule has 5 nitrogen and oxygen atoms in total. The molecule has 1 unspecified atom stereocenters. The Morgan fingerprint density at radius 1 is 1.42 bits per heavy atom. The number of carbonyl (C=O) groups is 1. The Bertz CT molecular complexity index is 740. The first-order valence-electron chi connectivity index (χ1n) is 7.98. The van der Waals surface area contributed by atoms with Crippen LogP contribution < -0.4 is 5.32 Å². The summed E-state index contributed by atoms with van der Waals surface area (Å²) in [5.74, 6) is -0.694. The second-order valence-electron chi connectivity index (χ2n) is 6.18. The molecule has 1 atom stereocenters. The van der Waals surface area contributed by atoms with E-state index in [1.165, 1.54) is 6.07 Å². The first kappa shape index (κ1) is 18.1. The summed E-state index contributed by atoms with van der Waals surface area (Å²) >= 11 is 0. The number of carbonyl (C=O) groups excluding carboxylic acids is 1. The second-order valence-corrected chi connectivity index (χ2v) is 6.18. The summed E-state index contributed by atoms with van der Waals surface area (Å²) < 4.78 is 15.2. The third-order valence-electron chi connectivity index (χ3n) is 4.36. The van der Waals surface area contributed by atoms with E-state index in [1.807, 2.05) is 32.5 Å². The molecule has 0 spiro atoms. The highest BCUT2D eigenvalue weighted by molar-refractivity contribution is 5.78. The number of aryl methyl sites for hydroxylation is 2. The fourth-order valence-corrected chi connectivity index (χ4v) is 2.73. The van der Waals surface area contributed by atoms with Gasteiger partial charge in [-0.3, -0.25) is 9.48 Å². The minimum atomic E-state index is -0.441. The predicted molar refractivity (Wildman–Crippen MR) is 89.7 cm³/mol. The van der Waals surface area contributed by atoms with Crippen LogP contribution in [0.25, 0.3) is 0 Å². The van der Waals surface area contributed by atoms with Crippen molar-refractivity contribution in [2.45, 2.75) is 40.3 Å². The molecule has 0 aliphatic heterocycles. The lowest BCUT2D eigenvalue weighted by molar-refractivity contribution is -0.124. The highest BCUT2D eigenvalue weighted by atomic mass is 19.1. The van der Waals surface area contributed by atoms with Crippen molar-refractivity contribution in [2.75, 3.05) is 0 Å². The minimum absolute atomic E-state index is 0.0625. The van der Waals surface area contributed by atoms with Crippen molar-refractivity contribution < 1.29 is 14.3 Å². The van der Waals surface area contributed by atoms with Crippen molar-refractivity contribution >= 4 is 5.91 Å². The van der Waals surface area contributed by atoms with Gasteiger partial charge in [0.15, 0.2) is 0 Å². The molecule has 1 amide bonds. The van der Waals surface area contributed by atoms with Crippen molar-refractivity contribution in [3.63, 3.8) is 0 Å². The van der Waals surface area contributed by atoms with Gasteiger partial charge in [-0.2, -0.15) is 5.10 Å². The molecule has 0 bridgehead atoms. The molecule has 0 saturated heterocycles. The number of amides is 1. The number of halogens is 1. The smallest absolute Gasteiger partial charge is 0.223 e. The van der Waals surface area contributed by atoms with E-state index in [-0.39, 0.29) is 24.0 Å². The first-order chi connectivity index (χ1) is 11.3. The number of aliphatic hydroxyl groups is 1. The fraction of sp³-hybridized carbons (Fsp3) is 0.444. The summed E-state index contributed by atoms with van der Waals surface area (Å²) in [6, 6.07) is 4.48. The number of aliphatic hydroxyl groups excluding tert-OH is 1.